The van der Waals surface area contributed by atoms with Gasteiger partial charge in [-0.05, 0) is 32.9 Å². The van der Waals surface area contributed by atoms with Crippen molar-refractivity contribution in [3.8, 4) is 0 Å². The van der Waals surface area contributed by atoms with Crippen molar-refractivity contribution >= 4 is 23.3 Å². The summed E-state index contributed by atoms with van der Waals surface area (Å²) in [6, 6.07) is 6.93. The van der Waals surface area contributed by atoms with Crippen LogP contribution in [0.25, 0.3) is 0 Å². The Morgan fingerprint density at radius 1 is 1.33 bits per heavy atom. The van der Waals surface area contributed by atoms with Crippen LogP contribution in [0.4, 0.5) is 5.69 Å². The second-order valence-corrected chi connectivity index (χ2v) is 5.67. The Bertz CT molecular complexity index is 581. The molecular formula is C16H20N2O3. The summed E-state index contributed by atoms with van der Waals surface area (Å²) in [5.41, 5.74) is 1.14. The molecule has 0 radical (unpaired) electrons. The molecule has 5 nitrogen and oxygen atoms in total. The van der Waals surface area contributed by atoms with Crippen LogP contribution in [0.1, 0.15) is 37.6 Å². The van der Waals surface area contributed by atoms with Gasteiger partial charge in [-0.3, -0.25) is 14.4 Å². The quantitative estimate of drug-likeness (QED) is 0.863. The predicted octanol–water partition coefficient (Wildman–Crippen LogP) is 2.08. The SMILES string of the molecule is CC(=O)c1cccc(NC(=O)C2CC(=O)N(C(C)C)C2)c1. The zero-order valence-electron chi connectivity index (χ0n) is 12.6. The van der Waals surface area contributed by atoms with Gasteiger partial charge in [-0.2, -0.15) is 0 Å². The van der Waals surface area contributed by atoms with E-state index < -0.39 is 0 Å². The summed E-state index contributed by atoms with van der Waals surface area (Å²) in [7, 11) is 0. The number of rotatable bonds is 4. The lowest BCUT2D eigenvalue weighted by atomic mass is 10.1. The van der Waals surface area contributed by atoms with Crippen LogP contribution in [0.5, 0.6) is 0 Å². The molecule has 2 rings (SSSR count). The minimum atomic E-state index is -0.333. The van der Waals surface area contributed by atoms with Gasteiger partial charge in [0.15, 0.2) is 5.78 Å². The predicted molar refractivity (Wildman–Crippen MR) is 80.0 cm³/mol. The van der Waals surface area contributed by atoms with Gasteiger partial charge in [0.1, 0.15) is 0 Å². The van der Waals surface area contributed by atoms with Gasteiger partial charge in [-0.1, -0.05) is 12.1 Å². The van der Waals surface area contributed by atoms with E-state index in [2.05, 4.69) is 5.32 Å². The molecule has 1 unspecified atom stereocenters. The molecule has 1 heterocycles. The summed E-state index contributed by atoms with van der Waals surface area (Å²) in [6.07, 6.45) is 0.246. The first-order valence-electron chi connectivity index (χ1n) is 7.10. The number of likely N-dealkylation sites (tertiary alicyclic amines) is 1. The minimum absolute atomic E-state index is 0.0163. The van der Waals surface area contributed by atoms with E-state index in [0.717, 1.165) is 0 Å². The molecule has 0 saturated carbocycles. The zero-order chi connectivity index (χ0) is 15.6. The highest BCUT2D eigenvalue weighted by Gasteiger charge is 2.35. The summed E-state index contributed by atoms with van der Waals surface area (Å²) < 4.78 is 0. The standard InChI is InChI=1S/C16H20N2O3/c1-10(2)18-9-13(8-15(18)20)16(21)17-14-6-4-5-12(7-14)11(3)19/h4-7,10,13H,8-9H2,1-3H3,(H,17,21). The van der Waals surface area contributed by atoms with Gasteiger partial charge >= 0.3 is 0 Å². The Hall–Kier alpha value is -2.17. The van der Waals surface area contributed by atoms with Crippen LogP contribution in [0, 0.1) is 5.92 Å². The number of carbonyl (C=O) groups excluding carboxylic acids is 3. The summed E-state index contributed by atoms with van der Waals surface area (Å²) in [6.45, 7) is 5.81. The fraction of sp³-hybridized carbons (Fsp3) is 0.438. The van der Waals surface area contributed by atoms with Gasteiger partial charge in [0.05, 0.1) is 5.92 Å². The van der Waals surface area contributed by atoms with Crippen molar-refractivity contribution < 1.29 is 14.4 Å². The largest absolute Gasteiger partial charge is 0.339 e. The molecule has 2 amide bonds. The van der Waals surface area contributed by atoms with Crippen LogP contribution in [-0.2, 0) is 9.59 Å². The Kier molecular flexibility index (Phi) is 4.40. The Balaban J connectivity index is 2.04. The summed E-state index contributed by atoms with van der Waals surface area (Å²) in [5.74, 6) is -0.538. The maximum Gasteiger partial charge on any atom is 0.229 e. The van der Waals surface area contributed by atoms with Crippen LogP contribution in [-0.4, -0.2) is 35.1 Å². The lowest BCUT2D eigenvalue weighted by molar-refractivity contribution is -0.129. The number of carbonyl (C=O) groups is 3. The zero-order valence-corrected chi connectivity index (χ0v) is 12.6. The Morgan fingerprint density at radius 3 is 2.62 bits per heavy atom. The molecule has 1 aromatic rings. The number of nitrogens with one attached hydrogen (secondary N) is 1. The molecule has 21 heavy (non-hydrogen) atoms. The van der Waals surface area contributed by atoms with Gasteiger partial charge in [0.2, 0.25) is 11.8 Å². The van der Waals surface area contributed by atoms with Gasteiger partial charge in [0.25, 0.3) is 0 Å². The lowest BCUT2D eigenvalue weighted by Crippen LogP contribution is -2.33. The third-order valence-electron chi connectivity index (χ3n) is 3.69. The number of hydrogen-bond donors (Lipinski definition) is 1. The number of amides is 2. The Labute approximate surface area is 124 Å². The first kappa shape index (κ1) is 15.2. The van der Waals surface area contributed by atoms with E-state index in [4.69, 9.17) is 0 Å². The van der Waals surface area contributed by atoms with Crippen molar-refractivity contribution in [2.45, 2.75) is 33.2 Å². The first-order valence-corrected chi connectivity index (χ1v) is 7.10. The molecule has 1 aliphatic rings. The van der Waals surface area contributed by atoms with E-state index in [1.165, 1.54) is 6.92 Å². The molecule has 0 bridgehead atoms. The highest BCUT2D eigenvalue weighted by Crippen LogP contribution is 2.22. The van der Waals surface area contributed by atoms with Crippen molar-refractivity contribution in [1.82, 2.24) is 4.90 Å². The number of Topliss-reactive ketones (excluding diaryl/α,β-unsaturated/α-hetero) is 1. The lowest BCUT2D eigenvalue weighted by Gasteiger charge is -2.20. The number of hydrogen-bond acceptors (Lipinski definition) is 3. The van der Waals surface area contributed by atoms with Crippen molar-refractivity contribution in [3.05, 3.63) is 29.8 Å². The molecular weight excluding hydrogens is 268 g/mol. The van der Waals surface area contributed by atoms with Gasteiger partial charge in [-0.25, -0.2) is 0 Å². The third kappa shape index (κ3) is 3.48. The van der Waals surface area contributed by atoms with E-state index in [1.54, 1.807) is 29.2 Å². The van der Waals surface area contributed by atoms with E-state index in [-0.39, 0.29) is 36.0 Å². The fourth-order valence-electron chi connectivity index (χ4n) is 2.47. The van der Waals surface area contributed by atoms with Crippen LogP contribution in [0.2, 0.25) is 0 Å². The molecule has 112 valence electrons. The number of ketones is 1. The smallest absolute Gasteiger partial charge is 0.229 e. The van der Waals surface area contributed by atoms with E-state index in [1.807, 2.05) is 13.8 Å². The van der Waals surface area contributed by atoms with Gasteiger partial charge in [-0.15, -0.1) is 0 Å². The molecule has 1 saturated heterocycles. The summed E-state index contributed by atoms with van der Waals surface area (Å²) in [5, 5.41) is 2.79. The molecule has 0 aliphatic carbocycles. The number of nitrogens with zero attached hydrogens (tertiary/aromatic N) is 1. The third-order valence-corrected chi connectivity index (χ3v) is 3.69. The summed E-state index contributed by atoms with van der Waals surface area (Å²) >= 11 is 0. The van der Waals surface area contributed by atoms with Crippen LogP contribution < -0.4 is 5.32 Å². The number of benzene rings is 1. The highest BCUT2D eigenvalue weighted by molar-refractivity contribution is 5.99. The van der Waals surface area contributed by atoms with Crippen molar-refractivity contribution in [3.63, 3.8) is 0 Å². The molecule has 5 heteroatoms. The summed E-state index contributed by atoms with van der Waals surface area (Å²) in [4.78, 5) is 37.1. The second kappa shape index (κ2) is 6.08. The van der Waals surface area contributed by atoms with Crippen LogP contribution >= 0.6 is 0 Å². The fourth-order valence-corrected chi connectivity index (χ4v) is 2.47. The maximum atomic E-state index is 12.2. The molecule has 0 spiro atoms. The molecule has 0 aromatic heterocycles. The minimum Gasteiger partial charge on any atom is -0.339 e. The van der Waals surface area contributed by atoms with E-state index >= 15 is 0 Å². The van der Waals surface area contributed by atoms with Gasteiger partial charge in [0, 0.05) is 30.3 Å². The normalized spacial score (nSPS) is 18.2. The molecule has 1 aromatic carbocycles. The van der Waals surface area contributed by atoms with Crippen molar-refractivity contribution in [2.75, 3.05) is 11.9 Å². The average Bonchev–Trinajstić information content (AvgIpc) is 2.81. The second-order valence-electron chi connectivity index (χ2n) is 5.67. The average molecular weight is 288 g/mol. The maximum absolute atomic E-state index is 12.2. The first-order chi connectivity index (χ1) is 9.88. The van der Waals surface area contributed by atoms with Crippen LogP contribution in [0.3, 0.4) is 0 Å². The molecule has 1 N–H and O–H groups in total. The van der Waals surface area contributed by atoms with Crippen molar-refractivity contribution in [1.29, 1.82) is 0 Å². The van der Waals surface area contributed by atoms with Crippen molar-refractivity contribution in [2.24, 2.45) is 5.92 Å². The molecule has 1 aliphatic heterocycles. The van der Waals surface area contributed by atoms with E-state index in [0.29, 0.717) is 17.8 Å². The van der Waals surface area contributed by atoms with Crippen LogP contribution in [0.15, 0.2) is 24.3 Å². The van der Waals surface area contributed by atoms with E-state index in [9.17, 15) is 14.4 Å². The van der Waals surface area contributed by atoms with Gasteiger partial charge < -0.3 is 10.2 Å². The number of anilines is 1. The monoisotopic (exact) mass is 288 g/mol. The molecule has 1 fully saturated rings. The molecule has 1 atom stereocenters. The highest BCUT2D eigenvalue weighted by atomic mass is 16.2. The Morgan fingerprint density at radius 2 is 2.05 bits per heavy atom. The topological polar surface area (TPSA) is 66.5 Å².